The molecule has 0 saturated carbocycles. The predicted molar refractivity (Wildman–Crippen MR) is 107 cm³/mol. The molecule has 0 atom stereocenters. The Morgan fingerprint density at radius 3 is 2.39 bits per heavy atom. The number of hydrogen-bond donors (Lipinski definition) is 2. The van der Waals surface area contributed by atoms with Crippen molar-refractivity contribution in [2.45, 2.75) is 13.3 Å². The highest BCUT2D eigenvalue weighted by Gasteiger charge is 2.07. The van der Waals surface area contributed by atoms with Crippen molar-refractivity contribution in [3.8, 4) is 11.5 Å². The van der Waals surface area contributed by atoms with Crippen LogP contribution in [0.1, 0.15) is 11.1 Å². The topological polar surface area (TPSA) is 85.9 Å². The molecule has 0 fully saturated rings. The van der Waals surface area contributed by atoms with Gasteiger partial charge in [-0.25, -0.2) is 0 Å². The molecular weight excluding hydrogens is 360 g/mol. The van der Waals surface area contributed by atoms with Gasteiger partial charge in [0.25, 0.3) is 0 Å². The Kier molecular flexibility index (Phi) is 8.30. The first-order valence-corrected chi connectivity index (χ1v) is 8.93. The van der Waals surface area contributed by atoms with Crippen LogP contribution in [0.15, 0.2) is 42.5 Å². The number of rotatable bonds is 10. The van der Waals surface area contributed by atoms with Crippen LogP contribution in [0.25, 0.3) is 0 Å². The summed E-state index contributed by atoms with van der Waals surface area (Å²) in [5, 5.41) is 5.48. The standard InChI is InChI=1S/C21H26N2O5/c1-15-5-4-6-17(11-15)23-21(25)14-28-13-20(24)22-10-9-16-7-8-18(26-2)19(12-16)27-3/h4-8,11-12H,9-10,13-14H2,1-3H3,(H,22,24)(H,23,25). The molecule has 2 aromatic carbocycles. The van der Waals surface area contributed by atoms with Gasteiger partial charge >= 0.3 is 0 Å². The van der Waals surface area contributed by atoms with E-state index in [1.54, 1.807) is 20.3 Å². The molecule has 0 radical (unpaired) electrons. The molecule has 150 valence electrons. The van der Waals surface area contributed by atoms with Crippen LogP contribution in [0.2, 0.25) is 0 Å². The zero-order valence-electron chi connectivity index (χ0n) is 16.4. The van der Waals surface area contributed by atoms with Gasteiger partial charge in [0.2, 0.25) is 11.8 Å². The van der Waals surface area contributed by atoms with E-state index in [1.807, 2.05) is 43.3 Å². The molecule has 2 rings (SSSR count). The van der Waals surface area contributed by atoms with Crippen molar-refractivity contribution in [1.82, 2.24) is 5.32 Å². The van der Waals surface area contributed by atoms with Gasteiger partial charge in [-0.15, -0.1) is 0 Å². The van der Waals surface area contributed by atoms with E-state index in [0.29, 0.717) is 30.2 Å². The number of ether oxygens (including phenoxy) is 3. The van der Waals surface area contributed by atoms with Crippen molar-refractivity contribution in [2.75, 3.05) is 39.3 Å². The molecule has 0 bridgehead atoms. The minimum absolute atomic E-state index is 0.173. The number of nitrogens with one attached hydrogen (secondary N) is 2. The van der Waals surface area contributed by atoms with Gasteiger partial charge in [0, 0.05) is 12.2 Å². The third kappa shape index (κ3) is 6.92. The Hall–Kier alpha value is -3.06. The number of carbonyl (C=O) groups excluding carboxylic acids is 2. The van der Waals surface area contributed by atoms with Gasteiger partial charge < -0.3 is 24.8 Å². The number of amides is 2. The average Bonchev–Trinajstić information content (AvgIpc) is 2.67. The Morgan fingerprint density at radius 1 is 0.929 bits per heavy atom. The molecule has 0 aliphatic heterocycles. The molecular formula is C21H26N2O5. The largest absolute Gasteiger partial charge is 0.493 e. The van der Waals surface area contributed by atoms with Crippen molar-refractivity contribution >= 4 is 17.5 Å². The maximum absolute atomic E-state index is 11.8. The quantitative estimate of drug-likeness (QED) is 0.655. The summed E-state index contributed by atoms with van der Waals surface area (Å²) >= 11 is 0. The number of aryl methyl sites for hydroxylation is 1. The Balaban J connectivity index is 1.65. The summed E-state index contributed by atoms with van der Waals surface area (Å²) in [6.07, 6.45) is 0.639. The fourth-order valence-corrected chi connectivity index (χ4v) is 2.59. The molecule has 2 aromatic rings. The first kappa shape index (κ1) is 21.2. The summed E-state index contributed by atoms with van der Waals surface area (Å²) in [7, 11) is 3.16. The number of benzene rings is 2. The molecule has 0 heterocycles. The number of carbonyl (C=O) groups is 2. The first-order chi connectivity index (χ1) is 13.5. The summed E-state index contributed by atoms with van der Waals surface area (Å²) in [5.74, 6) is 0.731. The SMILES string of the molecule is COc1ccc(CCNC(=O)COCC(=O)Nc2cccc(C)c2)cc1OC. The molecule has 0 spiro atoms. The van der Waals surface area contributed by atoms with Gasteiger partial charge in [-0.3, -0.25) is 9.59 Å². The van der Waals surface area contributed by atoms with Crippen molar-refractivity contribution in [2.24, 2.45) is 0 Å². The fraction of sp³-hybridized carbons (Fsp3) is 0.333. The zero-order valence-corrected chi connectivity index (χ0v) is 16.4. The van der Waals surface area contributed by atoms with Crippen LogP contribution in [0.3, 0.4) is 0 Å². The van der Waals surface area contributed by atoms with Crippen molar-refractivity contribution in [3.63, 3.8) is 0 Å². The lowest BCUT2D eigenvalue weighted by atomic mass is 10.1. The third-order valence-electron chi connectivity index (χ3n) is 3.95. The second-order valence-electron chi connectivity index (χ2n) is 6.20. The maximum atomic E-state index is 11.8. The van der Waals surface area contributed by atoms with Gasteiger partial charge in [-0.2, -0.15) is 0 Å². The van der Waals surface area contributed by atoms with E-state index < -0.39 is 0 Å². The van der Waals surface area contributed by atoms with Crippen molar-refractivity contribution in [1.29, 1.82) is 0 Å². The predicted octanol–water partition coefficient (Wildman–Crippen LogP) is 2.33. The molecule has 0 aliphatic rings. The number of anilines is 1. The van der Waals surface area contributed by atoms with E-state index >= 15 is 0 Å². The zero-order chi connectivity index (χ0) is 20.4. The lowest BCUT2D eigenvalue weighted by Crippen LogP contribution is -2.31. The summed E-state index contributed by atoms with van der Waals surface area (Å²) < 4.78 is 15.6. The van der Waals surface area contributed by atoms with Gasteiger partial charge in [-0.05, 0) is 48.7 Å². The minimum atomic E-state index is -0.302. The third-order valence-corrected chi connectivity index (χ3v) is 3.95. The highest BCUT2D eigenvalue weighted by Crippen LogP contribution is 2.27. The Morgan fingerprint density at radius 2 is 1.68 bits per heavy atom. The van der Waals surface area contributed by atoms with Crippen LogP contribution in [0.4, 0.5) is 5.69 Å². The average molecular weight is 386 g/mol. The van der Waals surface area contributed by atoms with Gasteiger partial charge in [-0.1, -0.05) is 18.2 Å². The second-order valence-corrected chi connectivity index (χ2v) is 6.20. The number of hydrogen-bond acceptors (Lipinski definition) is 5. The molecule has 2 N–H and O–H groups in total. The van der Waals surface area contributed by atoms with Gasteiger partial charge in [0.15, 0.2) is 11.5 Å². The summed E-state index contributed by atoms with van der Waals surface area (Å²) in [5.41, 5.74) is 2.76. The molecule has 0 aliphatic carbocycles. The van der Waals surface area contributed by atoms with Gasteiger partial charge in [0.05, 0.1) is 14.2 Å². The Bertz CT molecular complexity index is 807. The number of methoxy groups -OCH3 is 2. The fourth-order valence-electron chi connectivity index (χ4n) is 2.59. The highest BCUT2D eigenvalue weighted by molar-refractivity contribution is 5.92. The van der Waals surface area contributed by atoms with Crippen molar-refractivity contribution < 1.29 is 23.8 Å². The summed E-state index contributed by atoms with van der Waals surface area (Å²) in [6.45, 7) is 2.04. The van der Waals surface area contributed by atoms with E-state index in [0.717, 1.165) is 11.1 Å². The second kappa shape index (κ2) is 10.9. The molecule has 0 aromatic heterocycles. The maximum Gasteiger partial charge on any atom is 0.250 e. The van der Waals surface area contributed by atoms with E-state index in [-0.39, 0.29) is 25.0 Å². The Labute approximate surface area is 165 Å². The van der Waals surface area contributed by atoms with Gasteiger partial charge in [0.1, 0.15) is 13.2 Å². The molecule has 7 heteroatoms. The van der Waals surface area contributed by atoms with Crippen LogP contribution in [-0.2, 0) is 20.7 Å². The summed E-state index contributed by atoms with van der Waals surface area (Å²) in [6, 6.07) is 13.1. The molecule has 0 unspecified atom stereocenters. The van der Waals surface area contributed by atoms with E-state index in [2.05, 4.69) is 10.6 Å². The van der Waals surface area contributed by atoms with E-state index in [1.165, 1.54) is 0 Å². The summed E-state index contributed by atoms with van der Waals surface area (Å²) in [4.78, 5) is 23.7. The smallest absolute Gasteiger partial charge is 0.250 e. The molecule has 28 heavy (non-hydrogen) atoms. The molecule has 2 amide bonds. The van der Waals surface area contributed by atoms with Crippen LogP contribution in [0, 0.1) is 6.92 Å². The molecule has 0 saturated heterocycles. The lowest BCUT2D eigenvalue weighted by Gasteiger charge is -2.10. The molecule has 7 nitrogen and oxygen atoms in total. The van der Waals surface area contributed by atoms with Crippen molar-refractivity contribution in [3.05, 3.63) is 53.6 Å². The van der Waals surface area contributed by atoms with Crippen LogP contribution >= 0.6 is 0 Å². The van der Waals surface area contributed by atoms with Crippen LogP contribution in [-0.4, -0.2) is 45.8 Å². The lowest BCUT2D eigenvalue weighted by molar-refractivity contribution is -0.128. The van der Waals surface area contributed by atoms with Crippen LogP contribution in [0.5, 0.6) is 11.5 Å². The first-order valence-electron chi connectivity index (χ1n) is 8.93. The highest BCUT2D eigenvalue weighted by atomic mass is 16.5. The monoisotopic (exact) mass is 386 g/mol. The normalized spacial score (nSPS) is 10.2. The van der Waals surface area contributed by atoms with Crippen LogP contribution < -0.4 is 20.1 Å². The van der Waals surface area contributed by atoms with E-state index in [4.69, 9.17) is 14.2 Å². The minimum Gasteiger partial charge on any atom is -0.493 e. The van der Waals surface area contributed by atoms with E-state index in [9.17, 15) is 9.59 Å².